The second kappa shape index (κ2) is 22.8. The number of carbonyl (C=O) groups excluding carboxylic acids is 7. The number of aliphatic imine (C=N–C) groups is 1. The molecule has 1 aliphatic carbocycles. The van der Waals surface area contributed by atoms with Gasteiger partial charge in [0.1, 0.15) is 36.3 Å². The van der Waals surface area contributed by atoms with Crippen molar-refractivity contribution in [2.45, 2.75) is 127 Å². The number of benzene rings is 2. The monoisotopic (exact) mass is 881 g/mol. The number of fused-ring (bicyclic) bond motifs is 2. The molecule has 1 aromatic heterocycles. The lowest BCUT2D eigenvalue weighted by Crippen LogP contribution is -2.60. The fourth-order valence-electron chi connectivity index (χ4n) is 9.11. The van der Waals surface area contributed by atoms with Gasteiger partial charge in [-0.05, 0) is 68.1 Å². The van der Waals surface area contributed by atoms with E-state index in [1.54, 1.807) is 36.5 Å². The Morgan fingerprint density at radius 3 is 2.25 bits per heavy atom. The van der Waals surface area contributed by atoms with Crippen LogP contribution in [-0.4, -0.2) is 107 Å². The zero-order chi connectivity index (χ0) is 45.6. The summed E-state index contributed by atoms with van der Waals surface area (Å²) >= 11 is 0. The van der Waals surface area contributed by atoms with Gasteiger partial charge in [-0.15, -0.1) is 0 Å². The van der Waals surface area contributed by atoms with Crippen LogP contribution in [0.25, 0.3) is 10.9 Å². The van der Waals surface area contributed by atoms with Gasteiger partial charge >= 0.3 is 0 Å². The summed E-state index contributed by atoms with van der Waals surface area (Å²) < 4.78 is 0. The Kier molecular flexibility index (Phi) is 16.7. The van der Waals surface area contributed by atoms with Crippen molar-refractivity contribution in [3.05, 3.63) is 71.9 Å². The molecule has 2 aliphatic heterocycles. The Morgan fingerprint density at radius 1 is 0.797 bits per heavy atom. The van der Waals surface area contributed by atoms with E-state index in [9.17, 15) is 33.6 Å². The minimum absolute atomic E-state index is 0.0643. The minimum atomic E-state index is -1.14. The summed E-state index contributed by atoms with van der Waals surface area (Å²) in [5.41, 5.74) is 13.2. The lowest BCUT2D eigenvalue weighted by Gasteiger charge is -2.32. The van der Waals surface area contributed by atoms with Crippen LogP contribution in [0.4, 0.5) is 0 Å². The average Bonchev–Trinajstić information content (AvgIpc) is 3.95. The molecule has 3 aliphatic rings. The molecule has 0 bridgehead atoms. The SMILES string of the molecule is CC(=O)N[C@H](C(=O)N[C@H]1CCCNC(=O)[C@H](CCCN=C(N)N)NC(=O)C(Cc2c[nH]c3ccccc23)NC(=O)[C@@H](CC2CCCCC2)NC(=O)[C@@H]2CCCN2C1=O)c1ccccc1. The largest absolute Gasteiger partial charge is 0.370 e. The van der Waals surface area contributed by atoms with Crippen molar-refractivity contribution in [1.29, 1.82) is 0 Å². The molecule has 3 fully saturated rings. The van der Waals surface area contributed by atoms with Gasteiger partial charge in [-0.1, -0.05) is 80.6 Å². The van der Waals surface area contributed by atoms with E-state index in [2.05, 4.69) is 41.9 Å². The molecule has 6 atom stereocenters. The number of guanidine groups is 1. The third-order valence-electron chi connectivity index (χ3n) is 12.4. The smallest absolute Gasteiger partial charge is 0.247 e. The van der Waals surface area contributed by atoms with Gasteiger partial charge in [-0.25, -0.2) is 0 Å². The maximum absolute atomic E-state index is 14.6. The van der Waals surface area contributed by atoms with E-state index in [0.717, 1.165) is 48.6 Å². The number of nitrogens with one attached hydrogen (secondary N) is 7. The molecule has 3 aromatic rings. The Hall–Kier alpha value is -6.46. The van der Waals surface area contributed by atoms with E-state index in [4.69, 9.17) is 11.5 Å². The Labute approximate surface area is 373 Å². The molecule has 1 saturated carbocycles. The molecule has 3 heterocycles. The predicted molar refractivity (Wildman–Crippen MR) is 241 cm³/mol. The molecule has 344 valence electrons. The summed E-state index contributed by atoms with van der Waals surface area (Å²) in [6.07, 6.45) is 8.67. The van der Waals surface area contributed by atoms with Crippen LogP contribution in [0, 0.1) is 5.92 Å². The Bertz CT molecular complexity index is 2150. The fraction of sp³-hybridized carbons (Fsp3) is 0.522. The Balaban J connectivity index is 1.32. The quantitative estimate of drug-likeness (QED) is 0.0723. The number of nitrogens with zero attached hydrogens (tertiary/aromatic N) is 2. The van der Waals surface area contributed by atoms with Crippen LogP contribution in [0.5, 0.6) is 0 Å². The molecule has 11 N–H and O–H groups in total. The van der Waals surface area contributed by atoms with Gasteiger partial charge in [-0.2, -0.15) is 0 Å². The van der Waals surface area contributed by atoms with E-state index in [1.165, 1.54) is 11.8 Å². The van der Waals surface area contributed by atoms with Crippen LogP contribution >= 0.6 is 0 Å². The average molecular weight is 882 g/mol. The molecule has 2 aromatic carbocycles. The number of para-hydroxylation sites is 1. The molecule has 18 nitrogen and oxygen atoms in total. The van der Waals surface area contributed by atoms with Gasteiger partial charge in [0.25, 0.3) is 0 Å². The normalized spacial score (nSPS) is 23.6. The van der Waals surface area contributed by atoms with Gasteiger partial charge in [0, 0.05) is 50.1 Å². The molecular formula is C46H63N11O7. The second-order valence-corrected chi connectivity index (χ2v) is 17.2. The first kappa shape index (κ1) is 47.0. The van der Waals surface area contributed by atoms with E-state index < -0.39 is 77.6 Å². The molecule has 6 rings (SSSR count). The van der Waals surface area contributed by atoms with Crippen molar-refractivity contribution >= 4 is 58.2 Å². The maximum atomic E-state index is 14.6. The van der Waals surface area contributed by atoms with Crippen molar-refractivity contribution in [1.82, 2.24) is 41.8 Å². The van der Waals surface area contributed by atoms with Crippen molar-refractivity contribution in [3.63, 3.8) is 0 Å². The number of amides is 7. The van der Waals surface area contributed by atoms with Crippen molar-refractivity contribution in [2.75, 3.05) is 19.6 Å². The molecule has 2 saturated heterocycles. The van der Waals surface area contributed by atoms with E-state index in [1.807, 2.05) is 24.3 Å². The summed E-state index contributed by atoms with van der Waals surface area (Å²) in [5, 5.41) is 18.1. The van der Waals surface area contributed by atoms with Crippen molar-refractivity contribution in [3.8, 4) is 0 Å². The van der Waals surface area contributed by atoms with Gasteiger partial charge in [0.05, 0.1) is 0 Å². The van der Waals surface area contributed by atoms with E-state index in [-0.39, 0.29) is 57.2 Å². The first-order valence-corrected chi connectivity index (χ1v) is 22.6. The minimum Gasteiger partial charge on any atom is -0.370 e. The van der Waals surface area contributed by atoms with Crippen molar-refractivity contribution in [2.24, 2.45) is 22.4 Å². The van der Waals surface area contributed by atoms with E-state index >= 15 is 0 Å². The van der Waals surface area contributed by atoms with Crippen LogP contribution in [0.3, 0.4) is 0 Å². The first-order chi connectivity index (χ1) is 30.9. The fourth-order valence-corrected chi connectivity index (χ4v) is 9.11. The third-order valence-corrected chi connectivity index (χ3v) is 12.4. The summed E-state index contributed by atoms with van der Waals surface area (Å²) in [5.74, 6) is -3.69. The van der Waals surface area contributed by atoms with Crippen LogP contribution in [0.1, 0.15) is 101 Å². The summed E-state index contributed by atoms with van der Waals surface area (Å²) in [7, 11) is 0. The number of aromatic nitrogens is 1. The number of rotatable bonds is 12. The number of nitrogens with two attached hydrogens (primary N) is 2. The zero-order valence-electron chi connectivity index (χ0n) is 36.5. The summed E-state index contributed by atoms with van der Waals surface area (Å²) in [4.78, 5) is 107. The maximum Gasteiger partial charge on any atom is 0.247 e. The predicted octanol–water partition coefficient (Wildman–Crippen LogP) is 1.45. The van der Waals surface area contributed by atoms with Crippen molar-refractivity contribution < 1.29 is 33.6 Å². The highest BCUT2D eigenvalue weighted by Gasteiger charge is 2.40. The molecular weight excluding hydrogens is 819 g/mol. The number of hydrogen-bond donors (Lipinski definition) is 9. The van der Waals surface area contributed by atoms with Gasteiger partial charge in [-0.3, -0.25) is 38.6 Å². The van der Waals surface area contributed by atoms with Crippen LogP contribution in [0.2, 0.25) is 0 Å². The highest BCUT2D eigenvalue weighted by atomic mass is 16.2. The first-order valence-electron chi connectivity index (χ1n) is 22.6. The molecule has 0 spiro atoms. The summed E-state index contributed by atoms with van der Waals surface area (Å²) in [6, 6.07) is 9.81. The van der Waals surface area contributed by atoms with Gasteiger partial charge in [0.2, 0.25) is 41.4 Å². The standard InChI is InChI=1S/C46H63N11O7/c1-28(58)52-39(30-15-6-3-7-16-30)44(63)54-35-20-11-22-49-40(59)34(19-10-23-50-46(47)48)53-42(61)37(26-31-27-51-33-18-9-8-17-32(31)33)55-41(60)36(25-29-13-4-2-5-14-29)56-43(62)38-21-12-24-57(38)45(35)64/h3,6-9,15-18,27,29,34-39,51H,2,4-5,10-14,19-26H2,1H3,(H,49,59)(H,52,58)(H,53,61)(H,54,63)(H,55,60)(H,56,62)(H4,47,48,50)/t34-,35-,36+,37?,38-,39-/m0/s1. The third kappa shape index (κ3) is 12.8. The summed E-state index contributed by atoms with van der Waals surface area (Å²) in [6.45, 7) is 1.80. The van der Waals surface area contributed by atoms with E-state index in [0.29, 0.717) is 31.2 Å². The van der Waals surface area contributed by atoms with Gasteiger partial charge in [0.15, 0.2) is 5.96 Å². The lowest BCUT2D eigenvalue weighted by atomic mass is 9.84. The van der Waals surface area contributed by atoms with Gasteiger partial charge < -0.3 is 53.3 Å². The second-order valence-electron chi connectivity index (χ2n) is 17.2. The topological polar surface area (TPSA) is 275 Å². The van der Waals surface area contributed by atoms with Crippen LogP contribution < -0.4 is 43.4 Å². The molecule has 1 unspecified atom stereocenters. The molecule has 7 amide bonds. The number of hydrogen-bond acceptors (Lipinski definition) is 8. The number of aromatic amines is 1. The highest BCUT2D eigenvalue weighted by Crippen LogP contribution is 2.29. The highest BCUT2D eigenvalue weighted by molar-refractivity contribution is 5.98. The molecule has 0 radical (unpaired) electrons. The molecule has 18 heteroatoms. The van der Waals surface area contributed by atoms with Crippen LogP contribution in [-0.2, 0) is 40.0 Å². The number of carbonyl (C=O) groups is 7. The lowest BCUT2D eigenvalue weighted by molar-refractivity contribution is -0.143. The zero-order valence-corrected chi connectivity index (χ0v) is 36.5. The van der Waals surface area contributed by atoms with Crippen LogP contribution in [0.15, 0.2) is 65.8 Å². The molecule has 64 heavy (non-hydrogen) atoms. The number of H-pyrrole nitrogens is 1. The Morgan fingerprint density at radius 2 is 1.50 bits per heavy atom.